The highest BCUT2D eigenvalue weighted by Gasteiger charge is 2.09. The Balaban J connectivity index is 2.26. The number of aromatic nitrogens is 2. The minimum absolute atomic E-state index is 0.859. The van der Waals surface area contributed by atoms with Gasteiger partial charge in [0.15, 0.2) is 0 Å². The third-order valence-electron chi connectivity index (χ3n) is 3.07. The van der Waals surface area contributed by atoms with Gasteiger partial charge in [-0.3, -0.25) is 0 Å². The van der Waals surface area contributed by atoms with Crippen molar-refractivity contribution in [2.45, 2.75) is 6.92 Å². The van der Waals surface area contributed by atoms with E-state index in [1.165, 1.54) is 0 Å². The highest BCUT2D eigenvalue weighted by Crippen LogP contribution is 2.25. The van der Waals surface area contributed by atoms with Gasteiger partial charge >= 0.3 is 0 Å². The van der Waals surface area contributed by atoms with Crippen LogP contribution in [-0.2, 0) is 0 Å². The molecular formula is C15H14N2O. The van der Waals surface area contributed by atoms with E-state index < -0.39 is 0 Å². The summed E-state index contributed by atoms with van der Waals surface area (Å²) in [6.07, 6.45) is 0. The summed E-state index contributed by atoms with van der Waals surface area (Å²) in [5, 5.41) is 5.72. The SMILES string of the molecule is COc1ccc2c(c1)c(C)nn2-c1ccccc1. The molecule has 18 heavy (non-hydrogen) atoms. The molecule has 0 saturated carbocycles. The molecule has 0 bridgehead atoms. The van der Waals surface area contributed by atoms with Crippen molar-refractivity contribution in [3.63, 3.8) is 0 Å². The summed E-state index contributed by atoms with van der Waals surface area (Å²) in [6, 6.07) is 16.2. The summed E-state index contributed by atoms with van der Waals surface area (Å²) in [5.41, 5.74) is 3.17. The van der Waals surface area contributed by atoms with Crippen molar-refractivity contribution in [1.82, 2.24) is 9.78 Å². The Labute approximate surface area is 106 Å². The van der Waals surface area contributed by atoms with Gasteiger partial charge in [-0.15, -0.1) is 0 Å². The molecule has 0 spiro atoms. The van der Waals surface area contributed by atoms with Crippen LogP contribution in [0.4, 0.5) is 0 Å². The molecule has 0 aliphatic carbocycles. The van der Waals surface area contributed by atoms with Crippen LogP contribution in [0, 0.1) is 6.92 Å². The molecule has 0 unspecified atom stereocenters. The smallest absolute Gasteiger partial charge is 0.119 e. The first-order chi connectivity index (χ1) is 8.79. The quantitative estimate of drug-likeness (QED) is 0.684. The summed E-state index contributed by atoms with van der Waals surface area (Å²) in [7, 11) is 1.68. The zero-order valence-corrected chi connectivity index (χ0v) is 10.4. The van der Waals surface area contributed by atoms with Crippen molar-refractivity contribution < 1.29 is 4.74 Å². The molecule has 2 aromatic carbocycles. The van der Waals surface area contributed by atoms with E-state index >= 15 is 0 Å². The lowest BCUT2D eigenvalue weighted by Crippen LogP contribution is -1.95. The number of hydrogen-bond donors (Lipinski definition) is 0. The number of ether oxygens (including phenoxy) is 1. The van der Waals surface area contributed by atoms with Crippen molar-refractivity contribution in [3.05, 3.63) is 54.2 Å². The Morgan fingerprint density at radius 2 is 1.83 bits per heavy atom. The molecule has 3 aromatic rings. The summed E-state index contributed by atoms with van der Waals surface area (Å²) in [4.78, 5) is 0. The number of fused-ring (bicyclic) bond motifs is 1. The number of aryl methyl sites for hydroxylation is 1. The van der Waals surface area contributed by atoms with E-state index in [2.05, 4.69) is 17.2 Å². The Hall–Kier alpha value is -2.29. The minimum atomic E-state index is 0.859. The molecule has 3 rings (SSSR count). The second-order valence-electron chi connectivity index (χ2n) is 4.22. The highest BCUT2D eigenvalue weighted by atomic mass is 16.5. The maximum absolute atomic E-state index is 5.26. The van der Waals surface area contributed by atoms with Gasteiger partial charge in [-0.05, 0) is 37.3 Å². The molecule has 0 N–H and O–H groups in total. The second kappa shape index (κ2) is 4.18. The summed E-state index contributed by atoms with van der Waals surface area (Å²) >= 11 is 0. The lowest BCUT2D eigenvalue weighted by molar-refractivity contribution is 0.415. The van der Waals surface area contributed by atoms with Gasteiger partial charge in [-0.25, -0.2) is 4.68 Å². The molecule has 0 aliphatic heterocycles. The van der Waals surface area contributed by atoms with Crippen molar-refractivity contribution in [3.8, 4) is 11.4 Å². The van der Waals surface area contributed by atoms with Crippen LogP contribution in [-0.4, -0.2) is 16.9 Å². The number of hydrogen-bond acceptors (Lipinski definition) is 2. The largest absolute Gasteiger partial charge is 0.497 e. The predicted octanol–water partition coefficient (Wildman–Crippen LogP) is 3.34. The van der Waals surface area contributed by atoms with E-state index in [0.29, 0.717) is 0 Å². The fourth-order valence-corrected chi connectivity index (χ4v) is 2.14. The number of benzene rings is 2. The van der Waals surface area contributed by atoms with Crippen LogP contribution < -0.4 is 4.74 Å². The Bertz CT molecular complexity index is 686. The average Bonchev–Trinajstić information content (AvgIpc) is 2.77. The Kier molecular flexibility index (Phi) is 2.52. The molecule has 1 aromatic heterocycles. The molecule has 0 atom stereocenters. The van der Waals surface area contributed by atoms with Crippen LogP contribution in [0.2, 0.25) is 0 Å². The van der Waals surface area contributed by atoms with Crippen LogP contribution in [0.3, 0.4) is 0 Å². The van der Waals surface area contributed by atoms with Gasteiger partial charge in [0.25, 0.3) is 0 Å². The van der Waals surface area contributed by atoms with Crippen LogP contribution in [0.15, 0.2) is 48.5 Å². The number of methoxy groups -OCH3 is 1. The topological polar surface area (TPSA) is 27.1 Å². The third kappa shape index (κ3) is 1.64. The van der Waals surface area contributed by atoms with E-state index in [1.807, 2.05) is 48.0 Å². The Morgan fingerprint density at radius 1 is 1.06 bits per heavy atom. The van der Waals surface area contributed by atoms with Gasteiger partial charge in [0.2, 0.25) is 0 Å². The van der Waals surface area contributed by atoms with E-state index in [-0.39, 0.29) is 0 Å². The molecular weight excluding hydrogens is 224 g/mol. The van der Waals surface area contributed by atoms with Crippen LogP contribution in [0.1, 0.15) is 5.69 Å². The zero-order chi connectivity index (χ0) is 12.5. The van der Waals surface area contributed by atoms with Gasteiger partial charge in [-0.1, -0.05) is 18.2 Å². The van der Waals surface area contributed by atoms with Gasteiger partial charge < -0.3 is 4.74 Å². The standard InChI is InChI=1S/C15H14N2O/c1-11-14-10-13(18-2)8-9-15(14)17(16-11)12-6-4-3-5-7-12/h3-10H,1-2H3. The Morgan fingerprint density at radius 3 is 2.56 bits per heavy atom. The van der Waals surface area contributed by atoms with Crippen molar-refractivity contribution in [1.29, 1.82) is 0 Å². The monoisotopic (exact) mass is 238 g/mol. The first-order valence-electron chi connectivity index (χ1n) is 5.88. The van der Waals surface area contributed by atoms with Crippen molar-refractivity contribution in [2.75, 3.05) is 7.11 Å². The van der Waals surface area contributed by atoms with E-state index in [1.54, 1.807) is 7.11 Å². The maximum atomic E-state index is 5.26. The van der Waals surface area contributed by atoms with Gasteiger partial charge in [0, 0.05) is 5.39 Å². The summed E-state index contributed by atoms with van der Waals surface area (Å²) in [5.74, 6) is 0.859. The van der Waals surface area contributed by atoms with Crippen LogP contribution >= 0.6 is 0 Å². The van der Waals surface area contributed by atoms with Crippen molar-refractivity contribution >= 4 is 10.9 Å². The van der Waals surface area contributed by atoms with Gasteiger partial charge in [0.1, 0.15) is 5.75 Å². The first kappa shape index (κ1) is 10.8. The van der Waals surface area contributed by atoms with E-state index in [0.717, 1.165) is 28.0 Å². The number of nitrogens with zero attached hydrogens (tertiary/aromatic N) is 2. The highest BCUT2D eigenvalue weighted by molar-refractivity contribution is 5.84. The maximum Gasteiger partial charge on any atom is 0.119 e. The molecule has 0 aliphatic rings. The molecule has 90 valence electrons. The van der Waals surface area contributed by atoms with Crippen molar-refractivity contribution in [2.24, 2.45) is 0 Å². The molecule has 0 saturated heterocycles. The fraction of sp³-hybridized carbons (Fsp3) is 0.133. The van der Waals surface area contributed by atoms with E-state index in [9.17, 15) is 0 Å². The fourth-order valence-electron chi connectivity index (χ4n) is 2.14. The lowest BCUT2D eigenvalue weighted by atomic mass is 10.2. The van der Waals surface area contributed by atoms with E-state index in [4.69, 9.17) is 4.74 Å². The molecule has 0 amide bonds. The third-order valence-corrected chi connectivity index (χ3v) is 3.07. The number of rotatable bonds is 2. The molecule has 3 heteroatoms. The van der Waals surface area contributed by atoms with Crippen LogP contribution in [0.25, 0.3) is 16.6 Å². The summed E-state index contributed by atoms with van der Waals surface area (Å²) < 4.78 is 7.22. The average molecular weight is 238 g/mol. The van der Waals surface area contributed by atoms with Gasteiger partial charge in [0.05, 0.1) is 24.0 Å². The normalized spacial score (nSPS) is 10.8. The number of para-hydroxylation sites is 1. The lowest BCUT2D eigenvalue weighted by Gasteiger charge is -2.03. The zero-order valence-electron chi connectivity index (χ0n) is 10.4. The summed E-state index contributed by atoms with van der Waals surface area (Å²) in [6.45, 7) is 2.02. The second-order valence-corrected chi connectivity index (χ2v) is 4.22. The molecule has 0 fully saturated rings. The first-order valence-corrected chi connectivity index (χ1v) is 5.88. The molecule has 0 radical (unpaired) electrons. The predicted molar refractivity (Wildman–Crippen MR) is 72.4 cm³/mol. The molecule has 1 heterocycles. The molecule has 3 nitrogen and oxygen atoms in total. The van der Waals surface area contributed by atoms with Gasteiger partial charge in [-0.2, -0.15) is 5.10 Å². The minimum Gasteiger partial charge on any atom is -0.497 e. The van der Waals surface area contributed by atoms with Crippen LogP contribution in [0.5, 0.6) is 5.75 Å².